The Labute approximate surface area is 159 Å². The van der Waals surface area contributed by atoms with Gasteiger partial charge in [0.15, 0.2) is 5.70 Å². The Kier molecular flexibility index (Phi) is 3.72. The molecule has 2 aromatic rings. The van der Waals surface area contributed by atoms with Crippen LogP contribution >= 0.6 is 0 Å². The zero-order chi connectivity index (χ0) is 20.5. The van der Waals surface area contributed by atoms with E-state index in [-0.39, 0.29) is 17.0 Å². The molecule has 0 amide bonds. The SMILES string of the molecule is CC1=CC(C)=[N+]2C1=C(c1cc(F)cc([N+](=O)[O-])c1)c1c(C)cc(C)n1[B-]2(F)F. The fraction of sp³-hybridized carbons (Fsp3) is 0.211. The first-order valence-electron chi connectivity index (χ1n) is 8.76. The molecular weight excluding hydrogens is 370 g/mol. The molecule has 0 saturated heterocycles. The number of hydrogen-bond donors (Lipinski definition) is 0. The highest BCUT2D eigenvalue weighted by Crippen LogP contribution is 2.44. The number of nitro groups is 1. The van der Waals surface area contributed by atoms with Gasteiger partial charge in [0.25, 0.3) is 5.69 Å². The Hall–Kier alpha value is -3.10. The van der Waals surface area contributed by atoms with Gasteiger partial charge in [0.2, 0.25) is 0 Å². The third kappa shape index (κ3) is 2.31. The molecule has 3 heterocycles. The van der Waals surface area contributed by atoms with E-state index in [0.717, 1.165) is 21.1 Å². The maximum Gasteiger partial charge on any atom is 0.737 e. The van der Waals surface area contributed by atoms with Crippen LogP contribution in [0.1, 0.15) is 36.4 Å². The summed E-state index contributed by atoms with van der Waals surface area (Å²) in [6.07, 6.45) is 1.65. The number of halogens is 3. The van der Waals surface area contributed by atoms with Crippen molar-refractivity contribution in [3.05, 3.63) is 80.1 Å². The number of fused-ring (bicyclic) bond motifs is 2. The lowest BCUT2D eigenvalue weighted by Gasteiger charge is -2.34. The molecule has 0 aliphatic carbocycles. The van der Waals surface area contributed by atoms with Crippen LogP contribution in [0.25, 0.3) is 5.57 Å². The van der Waals surface area contributed by atoms with Crippen molar-refractivity contribution in [2.45, 2.75) is 27.7 Å². The molecule has 0 unspecified atom stereocenters. The molecule has 0 radical (unpaired) electrons. The van der Waals surface area contributed by atoms with Crippen molar-refractivity contribution in [3.8, 4) is 0 Å². The second kappa shape index (κ2) is 5.70. The average Bonchev–Trinajstić information content (AvgIpc) is 3.04. The van der Waals surface area contributed by atoms with Crippen LogP contribution in [0.4, 0.5) is 18.7 Å². The number of allylic oxidation sites excluding steroid dienone is 2. The fourth-order valence-electron chi connectivity index (χ4n) is 4.40. The molecule has 1 aromatic carbocycles. The zero-order valence-corrected chi connectivity index (χ0v) is 15.8. The first kappa shape index (κ1) is 18.3. The molecule has 5 nitrogen and oxygen atoms in total. The van der Waals surface area contributed by atoms with Crippen molar-refractivity contribution >= 4 is 23.9 Å². The normalized spacial score (nSPS) is 17.6. The van der Waals surface area contributed by atoms with Crippen molar-refractivity contribution in [3.63, 3.8) is 0 Å². The summed E-state index contributed by atoms with van der Waals surface area (Å²) in [6.45, 7) is 2.45. The van der Waals surface area contributed by atoms with Gasteiger partial charge in [0.05, 0.1) is 16.6 Å². The summed E-state index contributed by atoms with van der Waals surface area (Å²) in [5, 5.41) is 11.2. The van der Waals surface area contributed by atoms with Gasteiger partial charge >= 0.3 is 6.97 Å². The Balaban J connectivity index is 2.17. The zero-order valence-electron chi connectivity index (χ0n) is 15.8. The predicted molar refractivity (Wildman–Crippen MR) is 101 cm³/mol. The minimum atomic E-state index is -4.15. The van der Waals surface area contributed by atoms with E-state index in [4.69, 9.17) is 0 Å². The molecular formula is C19H17BF3N3O2. The van der Waals surface area contributed by atoms with E-state index >= 15 is 8.63 Å². The molecule has 1 aromatic heterocycles. The molecule has 0 bridgehead atoms. The molecule has 28 heavy (non-hydrogen) atoms. The number of nitrogens with zero attached hydrogens (tertiary/aromatic N) is 3. The van der Waals surface area contributed by atoms with Gasteiger partial charge in [-0.2, -0.15) is 0 Å². The molecule has 0 atom stereocenters. The first-order chi connectivity index (χ1) is 13.0. The summed E-state index contributed by atoms with van der Waals surface area (Å²) < 4.78 is 47.1. The van der Waals surface area contributed by atoms with Crippen LogP contribution < -0.4 is 0 Å². The average molecular weight is 387 g/mol. The topological polar surface area (TPSA) is 51.1 Å². The standard InChI is InChI=1S/C19H17BF3N3O2/c1-10-5-12(3)24-18(10)17(14-7-15(21)9-16(8-14)26(27)28)19-11(2)6-13(4)25(19)20(24,22)23/h5-9H,1-4H3. The van der Waals surface area contributed by atoms with Crippen molar-refractivity contribution in [1.29, 1.82) is 0 Å². The van der Waals surface area contributed by atoms with E-state index < -0.39 is 23.4 Å². The largest absolute Gasteiger partial charge is 0.737 e. The number of benzene rings is 1. The molecule has 0 N–H and O–H groups in total. The van der Waals surface area contributed by atoms with Crippen LogP contribution in [0.5, 0.6) is 0 Å². The van der Waals surface area contributed by atoms with E-state index in [9.17, 15) is 14.5 Å². The van der Waals surface area contributed by atoms with E-state index in [2.05, 4.69) is 0 Å². The fourth-order valence-corrected chi connectivity index (χ4v) is 4.40. The highest BCUT2D eigenvalue weighted by molar-refractivity contribution is 6.58. The van der Waals surface area contributed by atoms with Gasteiger partial charge in [-0.3, -0.25) is 10.1 Å². The number of rotatable bonds is 2. The van der Waals surface area contributed by atoms with Crippen LogP contribution in [0, 0.1) is 29.8 Å². The van der Waals surface area contributed by atoms with Gasteiger partial charge in [-0.25, -0.2) is 4.39 Å². The molecule has 2 aliphatic rings. The molecule has 9 heteroatoms. The lowest BCUT2D eigenvalue weighted by Crippen LogP contribution is -2.51. The van der Waals surface area contributed by atoms with Gasteiger partial charge in [0, 0.05) is 30.3 Å². The summed E-state index contributed by atoms with van der Waals surface area (Å²) in [5.41, 5.74) is 2.61. The third-order valence-corrected chi connectivity index (χ3v) is 5.32. The van der Waals surface area contributed by atoms with Crippen molar-refractivity contribution in [2.75, 3.05) is 0 Å². The molecule has 0 fully saturated rings. The second-order valence-corrected chi connectivity index (χ2v) is 7.29. The Morgan fingerprint density at radius 2 is 1.79 bits per heavy atom. The van der Waals surface area contributed by atoms with E-state index in [1.54, 1.807) is 39.8 Å². The quantitative estimate of drug-likeness (QED) is 0.430. The maximum atomic E-state index is 15.5. The number of non-ortho nitro benzene ring substituents is 1. The minimum absolute atomic E-state index is 0.197. The number of aryl methyl sites for hydroxylation is 2. The molecule has 0 spiro atoms. The van der Waals surface area contributed by atoms with E-state index in [0.29, 0.717) is 28.1 Å². The third-order valence-electron chi connectivity index (χ3n) is 5.32. The summed E-state index contributed by atoms with van der Waals surface area (Å²) >= 11 is 0. The molecule has 0 saturated carbocycles. The molecule has 4 rings (SSSR count). The Morgan fingerprint density at radius 1 is 1.11 bits per heavy atom. The number of nitro benzene ring substituents is 1. The van der Waals surface area contributed by atoms with Gasteiger partial charge < -0.3 is 17.6 Å². The highest BCUT2D eigenvalue weighted by atomic mass is 19.2. The van der Waals surface area contributed by atoms with Crippen LogP contribution in [-0.2, 0) is 0 Å². The molecule has 2 aliphatic heterocycles. The highest BCUT2D eigenvalue weighted by Gasteiger charge is 2.55. The van der Waals surface area contributed by atoms with Crippen LogP contribution in [0.15, 0.2) is 41.6 Å². The van der Waals surface area contributed by atoms with Gasteiger partial charge in [-0.15, -0.1) is 0 Å². The summed E-state index contributed by atoms with van der Waals surface area (Å²) in [5.74, 6) is -0.792. The van der Waals surface area contributed by atoms with Gasteiger partial charge in [-0.1, -0.05) is 0 Å². The first-order valence-corrected chi connectivity index (χ1v) is 8.76. The van der Waals surface area contributed by atoms with E-state index in [1.807, 2.05) is 0 Å². The molecule has 144 valence electrons. The lowest BCUT2D eigenvalue weighted by molar-refractivity contribution is -0.385. The second-order valence-electron chi connectivity index (χ2n) is 7.29. The van der Waals surface area contributed by atoms with Crippen LogP contribution in [0.3, 0.4) is 0 Å². The lowest BCUT2D eigenvalue weighted by atomic mass is 9.83. The summed E-state index contributed by atoms with van der Waals surface area (Å²) in [7, 11) is 0. The van der Waals surface area contributed by atoms with Crippen LogP contribution in [0.2, 0.25) is 0 Å². The Bertz CT molecular complexity index is 1180. The number of aromatic nitrogens is 1. The van der Waals surface area contributed by atoms with E-state index in [1.165, 1.54) is 6.07 Å². The van der Waals surface area contributed by atoms with Crippen molar-refractivity contribution in [1.82, 2.24) is 4.48 Å². The van der Waals surface area contributed by atoms with Crippen molar-refractivity contribution in [2.24, 2.45) is 0 Å². The van der Waals surface area contributed by atoms with Gasteiger partial charge in [-0.05, 0) is 49.7 Å². The smallest absolute Gasteiger partial charge is 0.393 e. The number of hydrogen-bond acceptors (Lipinski definition) is 2. The Morgan fingerprint density at radius 3 is 2.43 bits per heavy atom. The van der Waals surface area contributed by atoms with Gasteiger partial charge in [0.1, 0.15) is 11.5 Å². The maximum absolute atomic E-state index is 15.5. The minimum Gasteiger partial charge on any atom is -0.393 e. The van der Waals surface area contributed by atoms with Crippen molar-refractivity contribution < 1.29 is 22.4 Å². The summed E-state index contributed by atoms with van der Waals surface area (Å²) in [4.78, 5) is 10.5. The van der Waals surface area contributed by atoms with Crippen LogP contribution in [-0.4, -0.2) is 26.6 Å². The monoisotopic (exact) mass is 387 g/mol. The predicted octanol–water partition coefficient (Wildman–Crippen LogP) is 4.58. The summed E-state index contributed by atoms with van der Waals surface area (Å²) in [6, 6.07) is 4.85.